The largest absolute Gasteiger partial charge is 0.462 e. The second kappa shape index (κ2) is 11.9. The van der Waals surface area contributed by atoms with Crippen molar-refractivity contribution in [3.05, 3.63) is 35.4 Å². The van der Waals surface area contributed by atoms with Crippen LogP contribution < -0.4 is 11.5 Å². The number of hydrogen-bond donors (Lipinski definition) is 3. The Hall–Kier alpha value is -2.53. The quantitative estimate of drug-likeness (QED) is 0.188. The Morgan fingerprint density at radius 1 is 0.846 bits per heavy atom. The van der Waals surface area contributed by atoms with E-state index in [1.807, 2.05) is 0 Å². The minimum Gasteiger partial charge on any atom is -0.462 e. The van der Waals surface area contributed by atoms with E-state index in [1.165, 1.54) is 24.3 Å². The number of hydrogen-bond acceptors (Lipinski definition) is 10. The highest BCUT2D eigenvalue weighted by molar-refractivity contribution is 5.89. The maximum atomic E-state index is 11.8. The van der Waals surface area contributed by atoms with E-state index in [1.54, 1.807) is 0 Å². The van der Waals surface area contributed by atoms with E-state index in [2.05, 4.69) is 4.74 Å². The summed E-state index contributed by atoms with van der Waals surface area (Å²) in [6.07, 6.45) is -1.24. The first kappa shape index (κ1) is 21.5. The van der Waals surface area contributed by atoms with E-state index >= 15 is 0 Å². The molecule has 0 heterocycles. The molecule has 1 aromatic rings. The molecule has 1 rings (SSSR count). The lowest BCUT2D eigenvalue weighted by Gasteiger charge is -2.13. The zero-order valence-electron chi connectivity index (χ0n) is 14.1. The molecular weight excluding hydrogens is 348 g/mol. The van der Waals surface area contributed by atoms with Gasteiger partial charge in [-0.1, -0.05) is 12.1 Å². The Kier molecular flexibility index (Phi) is 9.87. The third-order valence-corrected chi connectivity index (χ3v) is 2.97. The first-order valence-electron chi connectivity index (χ1n) is 7.76. The Bertz CT molecular complexity index is 590. The van der Waals surface area contributed by atoms with Gasteiger partial charge in [0.2, 0.25) is 0 Å². The van der Waals surface area contributed by atoms with Crippen molar-refractivity contribution >= 4 is 17.9 Å². The highest BCUT2D eigenvalue weighted by Gasteiger charge is 2.12. The molecule has 0 fully saturated rings. The number of aliphatic hydroxyl groups is 1. The van der Waals surface area contributed by atoms with Gasteiger partial charge in [-0.15, -0.1) is 0 Å². The number of aliphatic hydroxyl groups excluding tert-OH is 1. The molecule has 0 saturated carbocycles. The Morgan fingerprint density at radius 3 is 1.88 bits per heavy atom. The van der Waals surface area contributed by atoms with Crippen LogP contribution in [-0.2, 0) is 28.5 Å². The summed E-state index contributed by atoms with van der Waals surface area (Å²) in [6.45, 7) is -0.698. The molecule has 0 aromatic heterocycles. The van der Waals surface area contributed by atoms with E-state index in [-0.39, 0.29) is 45.1 Å². The van der Waals surface area contributed by atoms with Crippen molar-refractivity contribution in [1.82, 2.24) is 0 Å². The third kappa shape index (κ3) is 8.03. The smallest absolute Gasteiger partial charge is 0.338 e. The third-order valence-electron chi connectivity index (χ3n) is 2.97. The van der Waals surface area contributed by atoms with Crippen LogP contribution in [0.1, 0.15) is 22.2 Å². The fraction of sp³-hybridized carbons (Fsp3) is 0.438. The Balaban J connectivity index is 2.36. The van der Waals surface area contributed by atoms with Crippen molar-refractivity contribution < 1.29 is 38.4 Å². The summed E-state index contributed by atoms with van der Waals surface area (Å²) in [6, 6.07) is 5.87. The Morgan fingerprint density at radius 2 is 1.35 bits per heavy atom. The number of nitrogens with two attached hydrogens (primary N) is 2. The summed E-state index contributed by atoms with van der Waals surface area (Å²) >= 11 is 0. The lowest BCUT2D eigenvalue weighted by molar-refractivity contribution is -0.150. The van der Waals surface area contributed by atoms with E-state index in [0.29, 0.717) is 5.56 Å². The molecule has 5 N–H and O–H groups in total. The van der Waals surface area contributed by atoms with Crippen molar-refractivity contribution in [1.29, 1.82) is 0 Å². The van der Waals surface area contributed by atoms with Crippen LogP contribution in [0.15, 0.2) is 24.3 Å². The predicted molar refractivity (Wildman–Crippen MR) is 87.7 cm³/mol. The molecule has 1 aromatic carbocycles. The van der Waals surface area contributed by atoms with Gasteiger partial charge in [-0.3, -0.25) is 9.59 Å². The number of rotatable bonds is 11. The molecule has 10 nitrogen and oxygen atoms in total. The maximum Gasteiger partial charge on any atom is 0.338 e. The average Bonchev–Trinajstić information content (AvgIpc) is 2.67. The molecule has 1 atom stereocenters. The van der Waals surface area contributed by atoms with Gasteiger partial charge in [0.05, 0.1) is 25.3 Å². The second-order valence-corrected chi connectivity index (χ2v) is 4.83. The summed E-state index contributed by atoms with van der Waals surface area (Å²) in [4.78, 5) is 33.5. The molecule has 10 heteroatoms. The molecule has 0 aliphatic carbocycles. The molecule has 0 amide bonds. The minimum absolute atomic E-state index is 0.0157. The number of carbonyl (C=O) groups is 3. The predicted octanol–water partition coefficient (Wildman–Crippen LogP) is -1.15. The van der Waals surface area contributed by atoms with E-state index in [9.17, 15) is 19.5 Å². The molecule has 0 radical (unpaired) electrons. The van der Waals surface area contributed by atoms with Crippen LogP contribution >= 0.6 is 0 Å². The van der Waals surface area contributed by atoms with Crippen LogP contribution in [0.25, 0.3) is 0 Å². The summed E-state index contributed by atoms with van der Waals surface area (Å²) in [5.74, 6) is -1.76. The maximum absolute atomic E-state index is 11.8. The van der Waals surface area contributed by atoms with Gasteiger partial charge in [-0.25, -0.2) is 4.79 Å². The molecule has 0 saturated heterocycles. The molecule has 26 heavy (non-hydrogen) atoms. The van der Waals surface area contributed by atoms with Gasteiger partial charge in [0.1, 0.15) is 19.8 Å². The zero-order valence-corrected chi connectivity index (χ0v) is 14.1. The summed E-state index contributed by atoms with van der Waals surface area (Å²) in [5.41, 5.74) is 10.8. The van der Waals surface area contributed by atoms with Gasteiger partial charge in [0, 0.05) is 5.56 Å². The van der Waals surface area contributed by atoms with Crippen LogP contribution in [0, 0.1) is 0 Å². The summed E-state index contributed by atoms with van der Waals surface area (Å²) in [5, 5.41) is 9.86. The van der Waals surface area contributed by atoms with Gasteiger partial charge >= 0.3 is 17.9 Å². The summed E-state index contributed by atoms with van der Waals surface area (Å²) < 4.78 is 19.4. The number of benzene rings is 1. The highest BCUT2D eigenvalue weighted by Crippen LogP contribution is 2.15. The first-order valence-corrected chi connectivity index (χ1v) is 7.76. The lowest BCUT2D eigenvalue weighted by atomic mass is 10.1. The fourth-order valence-corrected chi connectivity index (χ4v) is 1.69. The SMILES string of the molecule is NCC(=O)OCCOC(=O)c1ccc(C(O)OCCOC(=O)CN)cc1. The standard InChI is InChI=1S/C16H22N2O8/c17-9-13(19)23-5-7-25-15(21)11-1-2-12(4-3-11)16(22)26-8-6-24-14(20)10-18/h1-4,15,21H,5-10,17-18H2. The topological polar surface area (TPSA) is 160 Å². The van der Waals surface area contributed by atoms with Gasteiger partial charge in [0.25, 0.3) is 0 Å². The van der Waals surface area contributed by atoms with Gasteiger partial charge in [-0.2, -0.15) is 0 Å². The fourth-order valence-electron chi connectivity index (χ4n) is 1.69. The zero-order chi connectivity index (χ0) is 19.4. The van der Waals surface area contributed by atoms with Crippen molar-refractivity contribution in [2.45, 2.75) is 6.29 Å². The van der Waals surface area contributed by atoms with E-state index in [4.69, 9.17) is 25.7 Å². The van der Waals surface area contributed by atoms with Crippen LogP contribution in [0.5, 0.6) is 0 Å². The molecule has 1 unspecified atom stereocenters. The average molecular weight is 370 g/mol. The van der Waals surface area contributed by atoms with Gasteiger partial charge < -0.3 is 35.5 Å². The number of esters is 3. The van der Waals surface area contributed by atoms with Crippen LogP contribution in [0.2, 0.25) is 0 Å². The second-order valence-electron chi connectivity index (χ2n) is 4.83. The van der Waals surface area contributed by atoms with Crippen molar-refractivity contribution in [3.8, 4) is 0 Å². The van der Waals surface area contributed by atoms with Gasteiger partial charge in [0.15, 0.2) is 6.29 Å². The summed E-state index contributed by atoms with van der Waals surface area (Å²) in [7, 11) is 0. The van der Waals surface area contributed by atoms with Crippen LogP contribution in [0.3, 0.4) is 0 Å². The number of ether oxygens (including phenoxy) is 4. The Labute approximate surface area is 149 Å². The van der Waals surface area contributed by atoms with Gasteiger partial charge in [-0.05, 0) is 12.1 Å². The number of carbonyl (C=O) groups excluding carboxylic acids is 3. The van der Waals surface area contributed by atoms with Crippen LogP contribution in [0.4, 0.5) is 0 Å². The van der Waals surface area contributed by atoms with E-state index < -0.39 is 24.2 Å². The van der Waals surface area contributed by atoms with Crippen molar-refractivity contribution in [2.75, 3.05) is 39.5 Å². The molecule has 0 bridgehead atoms. The molecule has 0 aliphatic rings. The molecule has 0 spiro atoms. The van der Waals surface area contributed by atoms with Crippen LogP contribution in [-0.4, -0.2) is 62.5 Å². The monoisotopic (exact) mass is 370 g/mol. The molecular formula is C16H22N2O8. The normalized spacial score (nSPS) is 11.5. The minimum atomic E-state index is -1.24. The van der Waals surface area contributed by atoms with E-state index in [0.717, 1.165) is 0 Å². The lowest BCUT2D eigenvalue weighted by Crippen LogP contribution is -2.20. The van der Waals surface area contributed by atoms with Crippen molar-refractivity contribution in [2.24, 2.45) is 11.5 Å². The first-order chi connectivity index (χ1) is 12.5. The highest BCUT2D eigenvalue weighted by atomic mass is 16.6. The van der Waals surface area contributed by atoms with Crippen molar-refractivity contribution in [3.63, 3.8) is 0 Å². The molecule has 144 valence electrons. The molecule has 0 aliphatic heterocycles.